The Bertz CT molecular complexity index is 316. The summed E-state index contributed by atoms with van der Waals surface area (Å²) in [4.78, 5) is 10.5. The van der Waals surface area contributed by atoms with Crippen LogP contribution in [-0.4, -0.2) is 6.29 Å². The Labute approximate surface area is 70.5 Å². The van der Waals surface area contributed by atoms with E-state index in [0.717, 1.165) is 5.56 Å². The van der Waals surface area contributed by atoms with E-state index >= 15 is 0 Å². The van der Waals surface area contributed by atoms with Crippen LogP contribution in [0.4, 0.5) is 4.39 Å². The van der Waals surface area contributed by atoms with Crippen molar-refractivity contribution in [1.29, 1.82) is 0 Å². The van der Waals surface area contributed by atoms with Crippen LogP contribution in [0.3, 0.4) is 0 Å². The van der Waals surface area contributed by atoms with Crippen LogP contribution in [0.5, 0.6) is 0 Å². The van der Waals surface area contributed by atoms with E-state index in [-0.39, 0.29) is 5.82 Å². The lowest BCUT2D eigenvalue weighted by molar-refractivity contribution is 0.112. The molecule has 0 N–H and O–H groups in total. The third kappa shape index (κ3) is 1.78. The van der Waals surface area contributed by atoms with Crippen molar-refractivity contribution in [2.45, 2.75) is 6.92 Å². The zero-order valence-corrected chi connectivity index (χ0v) is 6.75. The minimum atomic E-state index is -0.384. The number of benzene rings is 1. The molecule has 0 aliphatic heterocycles. The Balaban J connectivity index is 3.19. The third-order valence-corrected chi connectivity index (χ3v) is 1.52. The van der Waals surface area contributed by atoms with Crippen molar-refractivity contribution in [3.63, 3.8) is 0 Å². The van der Waals surface area contributed by atoms with Gasteiger partial charge in [-0.25, -0.2) is 4.39 Å². The summed E-state index contributed by atoms with van der Waals surface area (Å²) in [6, 6.07) is 4.14. The van der Waals surface area contributed by atoms with Crippen molar-refractivity contribution in [1.82, 2.24) is 0 Å². The maximum Gasteiger partial charge on any atom is 0.150 e. The molecule has 0 bridgehead atoms. The Morgan fingerprint density at radius 2 is 2.08 bits per heavy atom. The van der Waals surface area contributed by atoms with Crippen molar-refractivity contribution in [2.75, 3.05) is 0 Å². The molecule has 12 heavy (non-hydrogen) atoms. The Morgan fingerprint density at radius 3 is 2.67 bits per heavy atom. The lowest BCUT2D eigenvalue weighted by atomic mass is 10.1. The van der Waals surface area contributed by atoms with Crippen molar-refractivity contribution >= 4 is 12.4 Å². The van der Waals surface area contributed by atoms with Crippen LogP contribution < -0.4 is 0 Å². The van der Waals surface area contributed by atoms with Crippen LogP contribution in [0, 0.1) is 5.82 Å². The Kier molecular flexibility index (Phi) is 2.75. The standard InChI is InChI=1S/C10H9FO/c1-2-3-8-4-5-10(11)6-9(8)7-12/h2-7H,1H3/b3-2+. The highest BCUT2D eigenvalue weighted by molar-refractivity contribution is 5.81. The molecular weight excluding hydrogens is 155 g/mol. The maximum atomic E-state index is 12.6. The van der Waals surface area contributed by atoms with Gasteiger partial charge in [0.05, 0.1) is 0 Å². The highest BCUT2D eigenvalue weighted by atomic mass is 19.1. The maximum absolute atomic E-state index is 12.6. The molecule has 1 nitrogen and oxygen atoms in total. The normalized spacial score (nSPS) is 10.5. The van der Waals surface area contributed by atoms with E-state index in [9.17, 15) is 9.18 Å². The Hall–Kier alpha value is -1.44. The second-order valence-electron chi connectivity index (χ2n) is 2.39. The fourth-order valence-electron chi connectivity index (χ4n) is 0.979. The summed E-state index contributed by atoms with van der Waals surface area (Å²) in [5, 5.41) is 0. The molecule has 0 atom stereocenters. The molecule has 0 spiro atoms. The van der Waals surface area contributed by atoms with E-state index in [1.165, 1.54) is 12.1 Å². The first-order chi connectivity index (χ1) is 5.77. The van der Waals surface area contributed by atoms with Crippen molar-refractivity contribution in [2.24, 2.45) is 0 Å². The summed E-state index contributed by atoms with van der Waals surface area (Å²) >= 11 is 0. The molecule has 0 saturated heterocycles. The van der Waals surface area contributed by atoms with Gasteiger partial charge in [-0.3, -0.25) is 4.79 Å². The number of aldehydes is 1. The monoisotopic (exact) mass is 164 g/mol. The third-order valence-electron chi connectivity index (χ3n) is 1.52. The summed E-state index contributed by atoms with van der Waals surface area (Å²) in [5.41, 5.74) is 1.13. The van der Waals surface area contributed by atoms with Gasteiger partial charge < -0.3 is 0 Å². The fraction of sp³-hybridized carbons (Fsp3) is 0.100. The van der Waals surface area contributed by atoms with Gasteiger partial charge in [0, 0.05) is 5.56 Å². The number of allylic oxidation sites excluding steroid dienone is 1. The summed E-state index contributed by atoms with van der Waals surface area (Å²) in [6.07, 6.45) is 4.22. The lowest BCUT2D eigenvalue weighted by Crippen LogP contribution is -1.87. The molecule has 0 aromatic heterocycles. The molecule has 2 heteroatoms. The number of hydrogen-bond acceptors (Lipinski definition) is 1. The van der Waals surface area contributed by atoms with E-state index in [2.05, 4.69) is 0 Å². The van der Waals surface area contributed by atoms with Gasteiger partial charge >= 0.3 is 0 Å². The van der Waals surface area contributed by atoms with Gasteiger partial charge in [0.2, 0.25) is 0 Å². The topological polar surface area (TPSA) is 17.1 Å². The Morgan fingerprint density at radius 1 is 1.33 bits per heavy atom. The number of carbonyl (C=O) groups is 1. The van der Waals surface area contributed by atoms with Gasteiger partial charge in [-0.05, 0) is 24.6 Å². The summed E-state index contributed by atoms with van der Waals surface area (Å²) in [7, 11) is 0. The van der Waals surface area contributed by atoms with Crippen LogP contribution in [0.2, 0.25) is 0 Å². The van der Waals surface area contributed by atoms with Gasteiger partial charge in [-0.15, -0.1) is 0 Å². The van der Waals surface area contributed by atoms with E-state index in [1.807, 2.05) is 6.92 Å². The largest absolute Gasteiger partial charge is 0.298 e. The number of rotatable bonds is 2. The SMILES string of the molecule is C/C=C/c1ccc(F)cc1C=O. The van der Waals surface area contributed by atoms with Crippen molar-refractivity contribution < 1.29 is 9.18 Å². The summed E-state index contributed by atoms with van der Waals surface area (Å²) < 4.78 is 12.6. The van der Waals surface area contributed by atoms with Crippen molar-refractivity contribution in [3.8, 4) is 0 Å². The second-order valence-corrected chi connectivity index (χ2v) is 2.39. The predicted octanol–water partition coefficient (Wildman–Crippen LogP) is 2.67. The molecule has 0 radical (unpaired) electrons. The minimum Gasteiger partial charge on any atom is -0.298 e. The molecule has 0 amide bonds. The van der Waals surface area contributed by atoms with Crippen molar-refractivity contribution in [3.05, 3.63) is 41.2 Å². The molecule has 0 aliphatic carbocycles. The fourth-order valence-corrected chi connectivity index (χ4v) is 0.979. The minimum absolute atomic E-state index is 0.383. The molecule has 62 valence electrons. The summed E-state index contributed by atoms with van der Waals surface area (Å²) in [6.45, 7) is 1.85. The zero-order valence-electron chi connectivity index (χ0n) is 6.75. The van der Waals surface area contributed by atoms with E-state index in [0.29, 0.717) is 11.8 Å². The molecule has 1 aromatic carbocycles. The molecular formula is C10H9FO. The first-order valence-electron chi connectivity index (χ1n) is 3.65. The van der Waals surface area contributed by atoms with Crippen LogP contribution in [0.15, 0.2) is 24.3 Å². The van der Waals surface area contributed by atoms with E-state index < -0.39 is 0 Å². The molecule has 1 rings (SSSR count). The quantitative estimate of drug-likeness (QED) is 0.614. The smallest absolute Gasteiger partial charge is 0.150 e. The number of hydrogen-bond donors (Lipinski definition) is 0. The van der Waals surface area contributed by atoms with Crippen LogP contribution in [0.25, 0.3) is 6.08 Å². The molecule has 0 unspecified atom stereocenters. The second kappa shape index (κ2) is 3.81. The van der Waals surface area contributed by atoms with Gasteiger partial charge in [0.1, 0.15) is 5.82 Å². The zero-order chi connectivity index (χ0) is 8.97. The lowest BCUT2D eigenvalue weighted by Gasteiger charge is -1.97. The van der Waals surface area contributed by atoms with Gasteiger partial charge in [-0.1, -0.05) is 18.2 Å². The van der Waals surface area contributed by atoms with Gasteiger partial charge in [0.15, 0.2) is 6.29 Å². The predicted molar refractivity (Wildman–Crippen MR) is 46.5 cm³/mol. The van der Waals surface area contributed by atoms with E-state index in [1.54, 1.807) is 18.2 Å². The van der Waals surface area contributed by atoms with Crippen LogP contribution in [0.1, 0.15) is 22.8 Å². The molecule has 1 aromatic rings. The average molecular weight is 164 g/mol. The van der Waals surface area contributed by atoms with Crippen LogP contribution >= 0.6 is 0 Å². The average Bonchev–Trinajstić information content (AvgIpc) is 2.08. The number of halogens is 1. The van der Waals surface area contributed by atoms with Crippen LogP contribution in [-0.2, 0) is 0 Å². The van der Waals surface area contributed by atoms with Gasteiger partial charge in [0.25, 0.3) is 0 Å². The highest BCUT2D eigenvalue weighted by Gasteiger charge is 1.98. The molecule has 0 heterocycles. The highest BCUT2D eigenvalue weighted by Crippen LogP contribution is 2.10. The van der Waals surface area contributed by atoms with E-state index in [4.69, 9.17) is 0 Å². The molecule has 0 saturated carbocycles. The first-order valence-corrected chi connectivity index (χ1v) is 3.65. The molecule has 0 aliphatic rings. The first kappa shape index (κ1) is 8.65. The summed E-state index contributed by atoms with van der Waals surface area (Å²) in [5.74, 6) is -0.384. The molecule has 0 fully saturated rings. The number of carbonyl (C=O) groups excluding carboxylic acids is 1. The van der Waals surface area contributed by atoms with Gasteiger partial charge in [-0.2, -0.15) is 0 Å².